The molecule has 1 heterocycles. The molecule has 1 aromatic rings. The molecule has 0 spiro atoms. The zero-order valence-corrected chi connectivity index (χ0v) is 12.6. The average Bonchev–Trinajstić information content (AvgIpc) is 2.86. The molecule has 6 heteroatoms. The number of urea groups is 1. The second-order valence-corrected chi connectivity index (χ2v) is 5.96. The summed E-state index contributed by atoms with van der Waals surface area (Å²) in [5.74, 6) is -0.0790. The van der Waals surface area contributed by atoms with Gasteiger partial charge >= 0.3 is 12.0 Å². The van der Waals surface area contributed by atoms with Crippen molar-refractivity contribution >= 4 is 29.4 Å². The molecule has 1 aliphatic heterocycles. The van der Waals surface area contributed by atoms with Gasteiger partial charge in [0.05, 0.1) is 5.88 Å². The van der Waals surface area contributed by atoms with Crippen LogP contribution in [0.1, 0.15) is 11.1 Å². The quantitative estimate of drug-likeness (QED) is 0.909. The summed E-state index contributed by atoms with van der Waals surface area (Å²) in [5.41, 5.74) is 2.94. The standard InChI is InChI=1S/C14H18N2O3S/c1-9-4-5-11(10(2)6-9)15(3)14(19)16-8-20-7-12(16)13(17)18/h4-6,12H,7-8H2,1-3H3,(H,17,18)/t12-/m0/s1. The molecule has 2 amide bonds. The Morgan fingerprint density at radius 2 is 2.10 bits per heavy atom. The lowest BCUT2D eigenvalue weighted by Gasteiger charge is -2.28. The summed E-state index contributed by atoms with van der Waals surface area (Å²) in [7, 11) is 1.68. The summed E-state index contributed by atoms with van der Waals surface area (Å²) in [4.78, 5) is 26.6. The molecule has 1 atom stereocenters. The van der Waals surface area contributed by atoms with E-state index in [1.807, 2.05) is 32.0 Å². The molecule has 5 nitrogen and oxygen atoms in total. The summed E-state index contributed by atoms with van der Waals surface area (Å²) in [6.07, 6.45) is 0. The van der Waals surface area contributed by atoms with E-state index in [2.05, 4.69) is 0 Å². The predicted octanol–water partition coefficient (Wildman–Crippen LogP) is 2.32. The molecule has 0 aromatic heterocycles. The number of benzene rings is 1. The van der Waals surface area contributed by atoms with Gasteiger partial charge in [0.15, 0.2) is 0 Å². The number of carboxylic acids is 1. The van der Waals surface area contributed by atoms with Crippen molar-refractivity contribution in [1.82, 2.24) is 4.90 Å². The van der Waals surface area contributed by atoms with Crippen LogP contribution in [0.25, 0.3) is 0 Å². The fourth-order valence-electron chi connectivity index (χ4n) is 2.31. The zero-order chi connectivity index (χ0) is 14.9. The number of hydrogen-bond donors (Lipinski definition) is 1. The van der Waals surface area contributed by atoms with Crippen LogP contribution in [-0.4, -0.2) is 46.7 Å². The minimum Gasteiger partial charge on any atom is -0.480 e. The highest BCUT2D eigenvalue weighted by atomic mass is 32.2. The van der Waals surface area contributed by atoms with E-state index in [0.717, 1.165) is 16.8 Å². The van der Waals surface area contributed by atoms with Crippen molar-refractivity contribution in [1.29, 1.82) is 0 Å². The van der Waals surface area contributed by atoms with Gasteiger partial charge in [0, 0.05) is 18.5 Å². The van der Waals surface area contributed by atoms with Gasteiger partial charge in [-0.15, -0.1) is 11.8 Å². The lowest BCUT2D eigenvalue weighted by Crippen LogP contribution is -2.47. The monoisotopic (exact) mass is 294 g/mol. The van der Waals surface area contributed by atoms with Gasteiger partial charge in [0.1, 0.15) is 6.04 Å². The van der Waals surface area contributed by atoms with Gasteiger partial charge in [-0.05, 0) is 25.5 Å². The minimum atomic E-state index is -0.947. The maximum Gasteiger partial charge on any atom is 0.327 e. The van der Waals surface area contributed by atoms with Crippen molar-refractivity contribution in [2.24, 2.45) is 0 Å². The van der Waals surface area contributed by atoms with E-state index in [1.165, 1.54) is 21.6 Å². The molecular formula is C14H18N2O3S. The number of anilines is 1. The Morgan fingerprint density at radius 3 is 2.70 bits per heavy atom. The van der Waals surface area contributed by atoms with Crippen molar-refractivity contribution in [3.05, 3.63) is 29.3 Å². The van der Waals surface area contributed by atoms with Gasteiger partial charge in [0.2, 0.25) is 0 Å². The highest BCUT2D eigenvalue weighted by Gasteiger charge is 2.36. The van der Waals surface area contributed by atoms with Crippen LogP contribution in [0.2, 0.25) is 0 Å². The van der Waals surface area contributed by atoms with Crippen LogP contribution in [0.15, 0.2) is 18.2 Å². The normalized spacial score (nSPS) is 18.1. The van der Waals surface area contributed by atoms with E-state index < -0.39 is 12.0 Å². The molecule has 1 N–H and O–H groups in total. The molecule has 1 aromatic carbocycles. The number of aryl methyl sites for hydroxylation is 2. The fraction of sp³-hybridized carbons (Fsp3) is 0.429. The van der Waals surface area contributed by atoms with Crippen LogP contribution >= 0.6 is 11.8 Å². The van der Waals surface area contributed by atoms with E-state index in [0.29, 0.717) is 11.6 Å². The minimum absolute atomic E-state index is 0.269. The van der Waals surface area contributed by atoms with Gasteiger partial charge in [-0.3, -0.25) is 4.90 Å². The maximum atomic E-state index is 12.5. The highest BCUT2D eigenvalue weighted by molar-refractivity contribution is 7.99. The van der Waals surface area contributed by atoms with Crippen LogP contribution in [0.3, 0.4) is 0 Å². The first-order valence-electron chi connectivity index (χ1n) is 6.34. The smallest absolute Gasteiger partial charge is 0.327 e. The Balaban J connectivity index is 2.22. The summed E-state index contributed by atoms with van der Waals surface area (Å²) in [6.45, 7) is 3.94. The van der Waals surface area contributed by atoms with Crippen molar-refractivity contribution in [2.45, 2.75) is 19.9 Å². The molecule has 0 saturated carbocycles. The van der Waals surface area contributed by atoms with Gasteiger partial charge in [0.25, 0.3) is 0 Å². The van der Waals surface area contributed by atoms with Crippen molar-refractivity contribution in [3.8, 4) is 0 Å². The van der Waals surface area contributed by atoms with Crippen LogP contribution in [-0.2, 0) is 4.79 Å². The molecule has 2 rings (SSSR count). The topological polar surface area (TPSA) is 60.9 Å². The Bertz CT molecular complexity index is 547. The van der Waals surface area contributed by atoms with Crippen LogP contribution in [0, 0.1) is 13.8 Å². The summed E-state index contributed by atoms with van der Waals surface area (Å²) >= 11 is 1.46. The first-order valence-corrected chi connectivity index (χ1v) is 7.49. The number of rotatable bonds is 2. The Hall–Kier alpha value is -1.69. The van der Waals surface area contributed by atoms with Gasteiger partial charge in [-0.2, -0.15) is 0 Å². The Kier molecular flexibility index (Phi) is 4.23. The van der Waals surface area contributed by atoms with E-state index in [9.17, 15) is 9.59 Å². The second kappa shape index (κ2) is 5.75. The highest BCUT2D eigenvalue weighted by Crippen LogP contribution is 2.26. The Labute approximate surface area is 122 Å². The summed E-state index contributed by atoms with van der Waals surface area (Å²) < 4.78 is 0. The molecule has 1 fully saturated rings. The van der Waals surface area contributed by atoms with Gasteiger partial charge < -0.3 is 10.0 Å². The van der Waals surface area contributed by atoms with E-state index in [1.54, 1.807) is 7.05 Å². The van der Waals surface area contributed by atoms with Crippen molar-refractivity contribution in [2.75, 3.05) is 23.6 Å². The van der Waals surface area contributed by atoms with E-state index in [-0.39, 0.29) is 6.03 Å². The third kappa shape index (κ3) is 2.75. The van der Waals surface area contributed by atoms with Gasteiger partial charge in [-0.1, -0.05) is 17.7 Å². The van der Waals surface area contributed by atoms with Crippen LogP contribution in [0.4, 0.5) is 10.5 Å². The molecule has 1 saturated heterocycles. The number of carboxylic acid groups (broad SMARTS) is 1. The first-order chi connectivity index (χ1) is 9.41. The number of carbonyl (C=O) groups excluding carboxylic acids is 1. The third-order valence-corrected chi connectivity index (χ3v) is 4.43. The number of nitrogens with zero attached hydrogens (tertiary/aromatic N) is 2. The Morgan fingerprint density at radius 1 is 1.40 bits per heavy atom. The van der Waals surface area contributed by atoms with Gasteiger partial charge in [-0.25, -0.2) is 9.59 Å². The lowest BCUT2D eigenvalue weighted by molar-refractivity contribution is -0.140. The molecule has 108 valence electrons. The number of carbonyl (C=O) groups is 2. The van der Waals surface area contributed by atoms with E-state index >= 15 is 0 Å². The first kappa shape index (κ1) is 14.7. The number of hydrogen-bond acceptors (Lipinski definition) is 3. The largest absolute Gasteiger partial charge is 0.480 e. The maximum absolute atomic E-state index is 12.5. The SMILES string of the molecule is Cc1ccc(N(C)C(=O)N2CSC[C@H]2C(=O)O)c(C)c1. The average molecular weight is 294 g/mol. The number of thioether (sulfide) groups is 1. The molecule has 0 bridgehead atoms. The van der Waals surface area contributed by atoms with Crippen LogP contribution in [0.5, 0.6) is 0 Å². The molecule has 0 radical (unpaired) electrons. The molecule has 1 aliphatic rings. The second-order valence-electron chi connectivity index (χ2n) is 4.96. The van der Waals surface area contributed by atoms with Crippen molar-refractivity contribution < 1.29 is 14.7 Å². The van der Waals surface area contributed by atoms with Crippen LogP contribution < -0.4 is 4.90 Å². The molecular weight excluding hydrogens is 276 g/mol. The summed E-state index contributed by atoms with van der Waals surface area (Å²) in [5, 5.41) is 9.15. The molecule has 0 aliphatic carbocycles. The zero-order valence-electron chi connectivity index (χ0n) is 11.8. The third-order valence-electron chi connectivity index (χ3n) is 3.41. The lowest BCUT2D eigenvalue weighted by atomic mass is 10.1. The fourth-order valence-corrected chi connectivity index (χ4v) is 3.45. The summed E-state index contributed by atoms with van der Waals surface area (Å²) in [6, 6.07) is 4.84. The predicted molar refractivity (Wildman–Crippen MR) is 80.3 cm³/mol. The number of aliphatic carboxylic acids is 1. The van der Waals surface area contributed by atoms with Crippen molar-refractivity contribution in [3.63, 3.8) is 0 Å². The number of amides is 2. The van der Waals surface area contributed by atoms with E-state index in [4.69, 9.17) is 5.11 Å². The molecule has 0 unspecified atom stereocenters. The molecule has 20 heavy (non-hydrogen) atoms.